The first-order chi connectivity index (χ1) is 11.9. The van der Waals surface area contributed by atoms with Crippen LogP contribution in [-0.4, -0.2) is 47.8 Å². The number of rotatable bonds is 3. The molecule has 1 aromatic rings. The molecule has 1 aromatic carbocycles. The minimum Gasteiger partial charge on any atom is -0.351 e. The molecular weight excluding hydrogens is 318 g/mol. The van der Waals surface area contributed by atoms with Gasteiger partial charge >= 0.3 is 0 Å². The quantitative estimate of drug-likeness (QED) is 0.868. The maximum atomic E-state index is 12.6. The van der Waals surface area contributed by atoms with Gasteiger partial charge in [0.15, 0.2) is 0 Å². The molecule has 3 amide bonds. The second kappa shape index (κ2) is 7.25. The number of aryl methyl sites for hydroxylation is 2. The van der Waals surface area contributed by atoms with Crippen LogP contribution < -0.4 is 10.6 Å². The molecule has 1 unspecified atom stereocenters. The Kier molecular flexibility index (Phi) is 5.06. The average Bonchev–Trinajstić information content (AvgIpc) is 3.04. The Morgan fingerprint density at radius 3 is 2.44 bits per heavy atom. The highest BCUT2D eigenvalue weighted by molar-refractivity contribution is 5.94. The van der Waals surface area contributed by atoms with Crippen molar-refractivity contribution in [2.45, 2.75) is 51.6 Å². The molecule has 1 atom stereocenters. The maximum Gasteiger partial charge on any atom is 0.253 e. The van der Waals surface area contributed by atoms with Crippen molar-refractivity contribution in [3.8, 4) is 0 Å². The average molecular weight is 343 g/mol. The highest BCUT2D eigenvalue weighted by Crippen LogP contribution is 2.17. The van der Waals surface area contributed by atoms with Crippen LogP contribution in [0, 0.1) is 13.8 Å². The summed E-state index contributed by atoms with van der Waals surface area (Å²) in [5, 5.41) is 5.69. The Morgan fingerprint density at radius 2 is 1.84 bits per heavy atom. The standard InChI is InChI=1S/C19H25N3O3/c1-12-3-4-14(11-13(12)2)19(25)22-9-7-15(8-10-22)20-18(24)16-5-6-17(23)21-16/h3-4,11,15-16H,5-10H2,1-2H3,(H,20,24)(H,21,23). The zero-order valence-electron chi connectivity index (χ0n) is 14.8. The van der Waals surface area contributed by atoms with Gasteiger partial charge in [-0.15, -0.1) is 0 Å². The molecule has 2 heterocycles. The Bertz CT molecular complexity index is 693. The molecule has 134 valence electrons. The third kappa shape index (κ3) is 4.00. The summed E-state index contributed by atoms with van der Waals surface area (Å²) in [5.74, 6) is -0.116. The van der Waals surface area contributed by atoms with E-state index >= 15 is 0 Å². The molecule has 3 rings (SSSR count). The topological polar surface area (TPSA) is 78.5 Å². The van der Waals surface area contributed by atoms with Crippen LogP contribution in [0.2, 0.25) is 0 Å². The van der Waals surface area contributed by atoms with Crippen LogP contribution in [0.25, 0.3) is 0 Å². The molecular formula is C19H25N3O3. The van der Waals surface area contributed by atoms with Crippen LogP contribution in [0.15, 0.2) is 18.2 Å². The first-order valence-electron chi connectivity index (χ1n) is 8.90. The van der Waals surface area contributed by atoms with Crippen molar-refractivity contribution in [1.29, 1.82) is 0 Å². The zero-order chi connectivity index (χ0) is 18.0. The Balaban J connectivity index is 1.51. The summed E-state index contributed by atoms with van der Waals surface area (Å²) in [6.07, 6.45) is 2.46. The Labute approximate surface area is 148 Å². The number of likely N-dealkylation sites (tertiary alicyclic amines) is 1. The maximum absolute atomic E-state index is 12.6. The molecule has 25 heavy (non-hydrogen) atoms. The van der Waals surface area contributed by atoms with E-state index in [4.69, 9.17) is 0 Å². The van der Waals surface area contributed by atoms with Crippen molar-refractivity contribution in [3.05, 3.63) is 34.9 Å². The molecule has 2 aliphatic rings. The number of hydrogen-bond donors (Lipinski definition) is 2. The Morgan fingerprint density at radius 1 is 1.12 bits per heavy atom. The lowest BCUT2D eigenvalue weighted by atomic mass is 10.0. The summed E-state index contributed by atoms with van der Waals surface area (Å²) in [4.78, 5) is 37.9. The van der Waals surface area contributed by atoms with Crippen molar-refractivity contribution >= 4 is 17.7 Å². The largest absolute Gasteiger partial charge is 0.351 e. The Hall–Kier alpha value is -2.37. The van der Waals surface area contributed by atoms with Crippen molar-refractivity contribution in [3.63, 3.8) is 0 Å². The number of nitrogens with zero attached hydrogens (tertiary/aromatic N) is 1. The van der Waals surface area contributed by atoms with Crippen molar-refractivity contribution < 1.29 is 14.4 Å². The second-order valence-electron chi connectivity index (χ2n) is 7.03. The molecule has 0 aromatic heterocycles. The fraction of sp³-hybridized carbons (Fsp3) is 0.526. The summed E-state index contributed by atoms with van der Waals surface area (Å²) in [5.41, 5.74) is 3.02. The van der Waals surface area contributed by atoms with Crippen LogP contribution in [0.1, 0.15) is 47.2 Å². The number of amides is 3. The predicted octanol–water partition coefficient (Wildman–Crippen LogP) is 1.30. The summed E-state index contributed by atoms with van der Waals surface area (Å²) < 4.78 is 0. The summed E-state index contributed by atoms with van der Waals surface area (Å²) in [7, 11) is 0. The van der Waals surface area contributed by atoms with E-state index < -0.39 is 6.04 Å². The summed E-state index contributed by atoms with van der Waals surface area (Å²) in [6, 6.07) is 5.46. The van der Waals surface area contributed by atoms with Crippen LogP contribution in [0.4, 0.5) is 0 Å². The van der Waals surface area contributed by atoms with E-state index in [1.807, 2.05) is 36.9 Å². The van der Waals surface area contributed by atoms with Gasteiger partial charge in [0.2, 0.25) is 11.8 Å². The smallest absolute Gasteiger partial charge is 0.253 e. The first kappa shape index (κ1) is 17.5. The molecule has 0 radical (unpaired) electrons. The van der Waals surface area contributed by atoms with Crippen LogP contribution in [-0.2, 0) is 9.59 Å². The molecule has 0 saturated carbocycles. The molecule has 0 bridgehead atoms. The SMILES string of the molecule is Cc1ccc(C(=O)N2CCC(NC(=O)C3CCC(=O)N3)CC2)cc1C. The van der Waals surface area contributed by atoms with E-state index in [0.717, 1.165) is 24.0 Å². The van der Waals surface area contributed by atoms with Gasteiger partial charge in [-0.3, -0.25) is 14.4 Å². The fourth-order valence-corrected chi connectivity index (χ4v) is 3.40. The number of carbonyl (C=O) groups excluding carboxylic acids is 3. The van der Waals surface area contributed by atoms with Crippen molar-refractivity contribution in [1.82, 2.24) is 15.5 Å². The van der Waals surface area contributed by atoms with Gasteiger partial charge in [-0.25, -0.2) is 0 Å². The lowest BCUT2D eigenvalue weighted by Gasteiger charge is -2.33. The molecule has 2 aliphatic heterocycles. The summed E-state index contributed by atoms with van der Waals surface area (Å²) >= 11 is 0. The lowest BCUT2D eigenvalue weighted by Crippen LogP contribution is -2.50. The normalized spacial score (nSPS) is 21.1. The van der Waals surface area contributed by atoms with Crippen LogP contribution in [0.3, 0.4) is 0 Å². The van der Waals surface area contributed by atoms with Gasteiger partial charge in [-0.1, -0.05) is 6.07 Å². The summed E-state index contributed by atoms with van der Waals surface area (Å²) in [6.45, 7) is 5.31. The molecule has 2 N–H and O–H groups in total. The molecule has 0 aliphatic carbocycles. The third-order valence-corrected chi connectivity index (χ3v) is 5.19. The minimum atomic E-state index is -0.400. The number of nitrogens with one attached hydrogen (secondary N) is 2. The fourth-order valence-electron chi connectivity index (χ4n) is 3.40. The van der Waals surface area contributed by atoms with E-state index in [1.54, 1.807) is 0 Å². The highest BCUT2D eigenvalue weighted by Gasteiger charge is 2.30. The molecule has 6 heteroatoms. The van der Waals surface area contributed by atoms with Crippen molar-refractivity contribution in [2.75, 3.05) is 13.1 Å². The van der Waals surface area contributed by atoms with E-state index in [1.165, 1.54) is 5.56 Å². The zero-order valence-corrected chi connectivity index (χ0v) is 14.8. The van der Waals surface area contributed by atoms with E-state index in [0.29, 0.717) is 25.9 Å². The molecule has 6 nitrogen and oxygen atoms in total. The number of hydrogen-bond acceptors (Lipinski definition) is 3. The molecule has 2 fully saturated rings. The van der Waals surface area contributed by atoms with Gasteiger partial charge < -0.3 is 15.5 Å². The van der Waals surface area contributed by atoms with Crippen molar-refractivity contribution in [2.24, 2.45) is 0 Å². The first-order valence-corrected chi connectivity index (χ1v) is 8.90. The van der Waals surface area contributed by atoms with Gasteiger partial charge in [0.25, 0.3) is 5.91 Å². The number of piperidine rings is 1. The monoisotopic (exact) mass is 343 g/mol. The van der Waals surface area contributed by atoms with E-state index in [9.17, 15) is 14.4 Å². The molecule has 0 spiro atoms. The van der Waals surface area contributed by atoms with Gasteiger partial charge in [0.05, 0.1) is 0 Å². The van der Waals surface area contributed by atoms with E-state index in [2.05, 4.69) is 10.6 Å². The third-order valence-electron chi connectivity index (χ3n) is 5.19. The highest BCUT2D eigenvalue weighted by atomic mass is 16.2. The van der Waals surface area contributed by atoms with Gasteiger partial charge in [0, 0.05) is 31.1 Å². The second-order valence-corrected chi connectivity index (χ2v) is 7.03. The van der Waals surface area contributed by atoms with Gasteiger partial charge in [-0.05, 0) is 56.4 Å². The predicted molar refractivity (Wildman–Crippen MR) is 94.1 cm³/mol. The van der Waals surface area contributed by atoms with Gasteiger partial charge in [-0.2, -0.15) is 0 Å². The molecule has 2 saturated heterocycles. The lowest BCUT2D eigenvalue weighted by molar-refractivity contribution is -0.126. The number of benzene rings is 1. The minimum absolute atomic E-state index is 0.0518. The van der Waals surface area contributed by atoms with Crippen LogP contribution >= 0.6 is 0 Å². The number of carbonyl (C=O) groups is 3. The van der Waals surface area contributed by atoms with Crippen LogP contribution in [0.5, 0.6) is 0 Å². The van der Waals surface area contributed by atoms with E-state index in [-0.39, 0.29) is 23.8 Å². The van der Waals surface area contributed by atoms with Gasteiger partial charge in [0.1, 0.15) is 6.04 Å².